The highest BCUT2D eigenvalue weighted by Crippen LogP contribution is 2.29. The summed E-state index contributed by atoms with van der Waals surface area (Å²) in [6.07, 6.45) is 4.94. The van der Waals surface area contributed by atoms with Crippen LogP contribution in [0.1, 0.15) is 5.56 Å². The van der Waals surface area contributed by atoms with Crippen molar-refractivity contribution in [3.05, 3.63) is 47.5 Å². The van der Waals surface area contributed by atoms with E-state index in [4.69, 9.17) is 11.6 Å². The van der Waals surface area contributed by atoms with Crippen LogP contribution >= 0.6 is 11.6 Å². The molecular weight excluding hydrogens is 212 g/mol. The molecule has 2 aromatic rings. The van der Waals surface area contributed by atoms with Gasteiger partial charge in [0.25, 0.3) is 0 Å². The van der Waals surface area contributed by atoms with E-state index in [0.717, 1.165) is 16.7 Å². The minimum absolute atomic E-state index is 0.0557. The molecule has 0 aromatic carbocycles. The number of nitrogens with zero attached hydrogens (tertiary/aromatic N) is 2. The average molecular weight is 221 g/mol. The lowest BCUT2D eigenvalue weighted by Crippen LogP contribution is -1.92. The van der Waals surface area contributed by atoms with Gasteiger partial charge < -0.3 is 5.11 Å². The Morgan fingerprint density at radius 1 is 1.13 bits per heavy atom. The summed E-state index contributed by atoms with van der Waals surface area (Å²) in [5.74, 6) is 0. The monoisotopic (exact) mass is 220 g/mol. The van der Waals surface area contributed by atoms with E-state index >= 15 is 0 Å². The molecule has 2 aromatic heterocycles. The maximum atomic E-state index is 9.20. The molecule has 0 aliphatic rings. The Balaban J connectivity index is 2.61. The van der Waals surface area contributed by atoms with Crippen molar-refractivity contribution in [3.63, 3.8) is 0 Å². The summed E-state index contributed by atoms with van der Waals surface area (Å²) in [5, 5.41) is 9.60. The van der Waals surface area contributed by atoms with Crippen molar-refractivity contribution >= 4 is 11.6 Å². The van der Waals surface area contributed by atoms with E-state index < -0.39 is 0 Å². The lowest BCUT2D eigenvalue weighted by atomic mass is 10.0. The summed E-state index contributed by atoms with van der Waals surface area (Å²) >= 11 is 6.00. The Bertz CT molecular complexity index is 459. The second-order valence-electron chi connectivity index (χ2n) is 3.03. The third-order valence-corrected chi connectivity index (χ3v) is 2.42. The number of rotatable bonds is 2. The first-order chi connectivity index (χ1) is 7.33. The highest BCUT2D eigenvalue weighted by Gasteiger charge is 2.09. The SMILES string of the molecule is OCc1ccnc(Cl)c1-c1ccncc1. The number of halogens is 1. The summed E-state index contributed by atoms with van der Waals surface area (Å²) in [6.45, 7) is -0.0557. The number of hydrogen-bond acceptors (Lipinski definition) is 3. The summed E-state index contributed by atoms with van der Waals surface area (Å²) in [5.41, 5.74) is 2.44. The van der Waals surface area contributed by atoms with Gasteiger partial charge in [-0.3, -0.25) is 4.98 Å². The van der Waals surface area contributed by atoms with Crippen molar-refractivity contribution in [1.82, 2.24) is 9.97 Å². The Labute approximate surface area is 92.4 Å². The van der Waals surface area contributed by atoms with Crippen LogP contribution in [0.4, 0.5) is 0 Å². The molecule has 2 rings (SSSR count). The third kappa shape index (κ3) is 1.98. The van der Waals surface area contributed by atoms with Gasteiger partial charge in [0, 0.05) is 24.2 Å². The predicted molar refractivity (Wildman–Crippen MR) is 58.4 cm³/mol. The first-order valence-corrected chi connectivity index (χ1v) is 4.85. The van der Waals surface area contributed by atoms with Crippen molar-refractivity contribution in [2.45, 2.75) is 6.61 Å². The number of aliphatic hydroxyl groups is 1. The molecule has 0 bridgehead atoms. The van der Waals surface area contributed by atoms with Crippen LogP contribution in [-0.2, 0) is 6.61 Å². The summed E-state index contributed by atoms with van der Waals surface area (Å²) in [4.78, 5) is 7.93. The Kier molecular flexibility index (Phi) is 2.94. The second-order valence-corrected chi connectivity index (χ2v) is 3.39. The molecule has 0 saturated heterocycles. The van der Waals surface area contributed by atoms with Crippen molar-refractivity contribution in [2.24, 2.45) is 0 Å². The molecular formula is C11H9ClN2O. The number of aromatic nitrogens is 2. The predicted octanol–water partition coefficient (Wildman–Crippen LogP) is 2.29. The minimum atomic E-state index is -0.0557. The van der Waals surface area contributed by atoms with E-state index in [1.165, 1.54) is 0 Å². The third-order valence-electron chi connectivity index (χ3n) is 2.13. The highest BCUT2D eigenvalue weighted by molar-refractivity contribution is 6.32. The average Bonchev–Trinajstić information content (AvgIpc) is 2.29. The molecule has 4 heteroatoms. The standard InChI is InChI=1S/C11H9ClN2O/c12-11-10(8-1-4-13-5-2-8)9(7-15)3-6-14-11/h1-6,15H,7H2. The van der Waals surface area contributed by atoms with Crippen LogP contribution < -0.4 is 0 Å². The molecule has 0 saturated carbocycles. The van der Waals surface area contributed by atoms with Gasteiger partial charge in [0.1, 0.15) is 5.15 Å². The normalized spacial score (nSPS) is 10.3. The maximum Gasteiger partial charge on any atom is 0.137 e. The zero-order chi connectivity index (χ0) is 10.7. The Morgan fingerprint density at radius 2 is 1.87 bits per heavy atom. The van der Waals surface area contributed by atoms with Crippen LogP contribution in [0, 0.1) is 0 Å². The van der Waals surface area contributed by atoms with Crippen LogP contribution in [0.15, 0.2) is 36.8 Å². The fourth-order valence-electron chi connectivity index (χ4n) is 1.43. The van der Waals surface area contributed by atoms with E-state index in [-0.39, 0.29) is 6.61 Å². The quantitative estimate of drug-likeness (QED) is 0.790. The Hall–Kier alpha value is -1.45. The maximum absolute atomic E-state index is 9.20. The highest BCUT2D eigenvalue weighted by atomic mass is 35.5. The van der Waals surface area contributed by atoms with Crippen molar-refractivity contribution in [2.75, 3.05) is 0 Å². The van der Waals surface area contributed by atoms with E-state index in [1.807, 2.05) is 12.1 Å². The van der Waals surface area contributed by atoms with E-state index in [2.05, 4.69) is 9.97 Å². The molecule has 3 nitrogen and oxygen atoms in total. The number of pyridine rings is 2. The lowest BCUT2D eigenvalue weighted by molar-refractivity contribution is 0.282. The minimum Gasteiger partial charge on any atom is -0.392 e. The molecule has 0 aliphatic heterocycles. The zero-order valence-corrected chi connectivity index (χ0v) is 8.65. The first kappa shape index (κ1) is 10.1. The van der Waals surface area contributed by atoms with Gasteiger partial charge in [-0.25, -0.2) is 4.98 Å². The van der Waals surface area contributed by atoms with Crippen LogP contribution in [-0.4, -0.2) is 15.1 Å². The van der Waals surface area contributed by atoms with Gasteiger partial charge in [0.2, 0.25) is 0 Å². The van der Waals surface area contributed by atoms with Crippen molar-refractivity contribution < 1.29 is 5.11 Å². The summed E-state index contributed by atoms with van der Waals surface area (Å²) in [7, 11) is 0. The number of hydrogen-bond donors (Lipinski definition) is 1. The molecule has 0 atom stereocenters. The van der Waals surface area contributed by atoms with Gasteiger partial charge in [-0.15, -0.1) is 0 Å². The molecule has 0 unspecified atom stereocenters. The van der Waals surface area contributed by atoms with Crippen LogP contribution in [0.25, 0.3) is 11.1 Å². The lowest BCUT2D eigenvalue weighted by Gasteiger charge is -2.08. The van der Waals surface area contributed by atoms with Crippen molar-refractivity contribution in [3.8, 4) is 11.1 Å². The molecule has 0 aliphatic carbocycles. The Morgan fingerprint density at radius 3 is 2.53 bits per heavy atom. The number of aliphatic hydroxyl groups excluding tert-OH is 1. The molecule has 0 spiro atoms. The fraction of sp³-hybridized carbons (Fsp3) is 0.0909. The zero-order valence-electron chi connectivity index (χ0n) is 7.89. The smallest absolute Gasteiger partial charge is 0.137 e. The van der Waals surface area contributed by atoms with Gasteiger partial charge in [-0.05, 0) is 29.3 Å². The van der Waals surface area contributed by atoms with Crippen molar-refractivity contribution in [1.29, 1.82) is 0 Å². The van der Waals surface area contributed by atoms with Gasteiger partial charge >= 0.3 is 0 Å². The van der Waals surface area contributed by atoms with Gasteiger partial charge in [-0.2, -0.15) is 0 Å². The van der Waals surface area contributed by atoms with Gasteiger partial charge in [0.15, 0.2) is 0 Å². The van der Waals surface area contributed by atoms with Gasteiger partial charge in [-0.1, -0.05) is 11.6 Å². The molecule has 0 fully saturated rings. The van der Waals surface area contributed by atoms with Crippen LogP contribution in [0.2, 0.25) is 5.15 Å². The van der Waals surface area contributed by atoms with E-state index in [0.29, 0.717) is 5.15 Å². The van der Waals surface area contributed by atoms with Crippen LogP contribution in [0.3, 0.4) is 0 Å². The summed E-state index contributed by atoms with van der Waals surface area (Å²) < 4.78 is 0. The summed E-state index contributed by atoms with van der Waals surface area (Å²) in [6, 6.07) is 5.42. The van der Waals surface area contributed by atoms with E-state index in [9.17, 15) is 5.11 Å². The first-order valence-electron chi connectivity index (χ1n) is 4.47. The molecule has 15 heavy (non-hydrogen) atoms. The molecule has 1 N–H and O–H groups in total. The largest absolute Gasteiger partial charge is 0.392 e. The molecule has 76 valence electrons. The molecule has 0 amide bonds. The van der Waals surface area contributed by atoms with Crippen LogP contribution in [0.5, 0.6) is 0 Å². The fourth-order valence-corrected chi connectivity index (χ4v) is 1.71. The molecule has 0 radical (unpaired) electrons. The van der Waals surface area contributed by atoms with Gasteiger partial charge in [0.05, 0.1) is 6.61 Å². The second kappa shape index (κ2) is 4.38. The topological polar surface area (TPSA) is 46.0 Å². The van der Waals surface area contributed by atoms with E-state index in [1.54, 1.807) is 24.7 Å². The molecule has 2 heterocycles.